The molecule has 3 N–H and O–H groups in total. The standard InChI is InChI=1S/C16H32N2O/c1-12-9-13(2)15(16(17)10-12)11-18-7-3-5-14(18)6-4-8-19/h12-16,19H,3-11,17H2,1-2H3. The fourth-order valence-electron chi connectivity index (χ4n) is 4.34. The third-order valence-corrected chi connectivity index (χ3v) is 5.37. The van der Waals surface area contributed by atoms with E-state index in [0.29, 0.717) is 24.6 Å². The molecular formula is C16H32N2O. The summed E-state index contributed by atoms with van der Waals surface area (Å²) in [4.78, 5) is 2.66. The van der Waals surface area contributed by atoms with E-state index < -0.39 is 0 Å². The first-order valence-corrected chi connectivity index (χ1v) is 8.22. The highest BCUT2D eigenvalue weighted by Crippen LogP contribution is 2.35. The van der Waals surface area contributed by atoms with Gasteiger partial charge in [0.1, 0.15) is 0 Å². The van der Waals surface area contributed by atoms with Crippen molar-refractivity contribution in [3.63, 3.8) is 0 Å². The van der Waals surface area contributed by atoms with Crippen molar-refractivity contribution >= 4 is 0 Å². The van der Waals surface area contributed by atoms with Crippen LogP contribution in [0, 0.1) is 17.8 Å². The van der Waals surface area contributed by atoms with E-state index in [9.17, 15) is 0 Å². The van der Waals surface area contributed by atoms with Gasteiger partial charge in [-0.15, -0.1) is 0 Å². The zero-order valence-electron chi connectivity index (χ0n) is 12.7. The zero-order chi connectivity index (χ0) is 13.8. The molecule has 1 aliphatic carbocycles. The third-order valence-electron chi connectivity index (χ3n) is 5.37. The summed E-state index contributed by atoms with van der Waals surface area (Å²) in [6.45, 7) is 7.49. The van der Waals surface area contributed by atoms with Crippen molar-refractivity contribution in [2.75, 3.05) is 19.7 Å². The van der Waals surface area contributed by atoms with Crippen molar-refractivity contribution in [3.8, 4) is 0 Å². The monoisotopic (exact) mass is 268 g/mol. The lowest BCUT2D eigenvalue weighted by Gasteiger charge is -2.41. The van der Waals surface area contributed by atoms with Crippen LogP contribution in [0.25, 0.3) is 0 Å². The summed E-state index contributed by atoms with van der Waals surface area (Å²) in [5.41, 5.74) is 6.42. The number of hydrogen-bond donors (Lipinski definition) is 2. The molecule has 0 radical (unpaired) electrons. The van der Waals surface area contributed by atoms with Crippen LogP contribution in [-0.2, 0) is 0 Å². The molecule has 0 aromatic heterocycles. The first-order chi connectivity index (χ1) is 9.11. The van der Waals surface area contributed by atoms with Crippen LogP contribution in [0.5, 0.6) is 0 Å². The second kappa shape index (κ2) is 7.05. The maximum atomic E-state index is 9.01. The van der Waals surface area contributed by atoms with E-state index in [4.69, 9.17) is 10.8 Å². The highest BCUT2D eigenvalue weighted by Gasteiger charge is 2.35. The lowest BCUT2D eigenvalue weighted by atomic mass is 9.72. The van der Waals surface area contributed by atoms with Gasteiger partial charge in [0.2, 0.25) is 0 Å². The van der Waals surface area contributed by atoms with Gasteiger partial charge < -0.3 is 15.7 Å². The largest absolute Gasteiger partial charge is 0.396 e. The number of hydrogen-bond acceptors (Lipinski definition) is 3. The molecule has 3 heteroatoms. The van der Waals surface area contributed by atoms with E-state index in [0.717, 1.165) is 24.7 Å². The van der Waals surface area contributed by atoms with Crippen molar-refractivity contribution in [1.29, 1.82) is 0 Å². The summed E-state index contributed by atoms with van der Waals surface area (Å²) >= 11 is 0. The fraction of sp³-hybridized carbons (Fsp3) is 1.00. The summed E-state index contributed by atoms with van der Waals surface area (Å²) in [5.74, 6) is 2.23. The van der Waals surface area contributed by atoms with Crippen LogP contribution in [0.3, 0.4) is 0 Å². The van der Waals surface area contributed by atoms with Gasteiger partial charge in [0.15, 0.2) is 0 Å². The van der Waals surface area contributed by atoms with E-state index >= 15 is 0 Å². The molecule has 0 amide bonds. The van der Waals surface area contributed by atoms with Gasteiger partial charge in [0, 0.05) is 25.2 Å². The summed E-state index contributed by atoms with van der Waals surface area (Å²) in [7, 11) is 0. The van der Waals surface area contributed by atoms with E-state index in [1.54, 1.807) is 0 Å². The molecule has 112 valence electrons. The minimum Gasteiger partial charge on any atom is -0.396 e. The van der Waals surface area contributed by atoms with Crippen LogP contribution in [0.2, 0.25) is 0 Å². The molecule has 0 spiro atoms. The zero-order valence-corrected chi connectivity index (χ0v) is 12.7. The van der Waals surface area contributed by atoms with Gasteiger partial charge in [0.05, 0.1) is 0 Å². The number of aliphatic hydroxyl groups excluding tert-OH is 1. The van der Waals surface area contributed by atoms with Crippen molar-refractivity contribution in [3.05, 3.63) is 0 Å². The van der Waals surface area contributed by atoms with E-state index in [-0.39, 0.29) is 0 Å². The molecule has 0 aromatic rings. The van der Waals surface area contributed by atoms with Crippen LogP contribution in [0.1, 0.15) is 52.4 Å². The number of aliphatic hydroxyl groups is 1. The molecular weight excluding hydrogens is 236 g/mol. The van der Waals surface area contributed by atoms with Crippen LogP contribution in [0.4, 0.5) is 0 Å². The van der Waals surface area contributed by atoms with Crippen LogP contribution < -0.4 is 5.73 Å². The fourth-order valence-corrected chi connectivity index (χ4v) is 4.34. The Morgan fingerprint density at radius 2 is 2.05 bits per heavy atom. The van der Waals surface area contributed by atoms with Crippen LogP contribution in [-0.4, -0.2) is 41.8 Å². The van der Waals surface area contributed by atoms with Crippen LogP contribution in [0.15, 0.2) is 0 Å². The average molecular weight is 268 g/mol. The Balaban J connectivity index is 1.88. The van der Waals surface area contributed by atoms with Crippen LogP contribution >= 0.6 is 0 Å². The topological polar surface area (TPSA) is 49.5 Å². The summed E-state index contributed by atoms with van der Waals surface area (Å²) in [6, 6.07) is 1.09. The molecule has 3 nitrogen and oxygen atoms in total. The maximum absolute atomic E-state index is 9.01. The highest BCUT2D eigenvalue weighted by atomic mass is 16.2. The Kier molecular flexibility index (Phi) is 5.67. The predicted octanol–water partition coefficient (Wildman–Crippen LogP) is 2.23. The summed E-state index contributed by atoms with van der Waals surface area (Å²) in [5, 5.41) is 9.01. The molecule has 2 rings (SSSR count). The first-order valence-electron chi connectivity index (χ1n) is 8.22. The average Bonchev–Trinajstić information content (AvgIpc) is 2.78. The number of rotatable bonds is 5. The lowest BCUT2D eigenvalue weighted by Crippen LogP contribution is -2.47. The quantitative estimate of drug-likeness (QED) is 0.804. The molecule has 0 aromatic carbocycles. The van der Waals surface area contributed by atoms with Crippen molar-refractivity contribution in [2.24, 2.45) is 23.5 Å². The lowest BCUT2D eigenvalue weighted by molar-refractivity contribution is 0.106. The highest BCUT2D eigenvalue weighted by molar-refractivity contribution is 4.90. The first kappa shape index (κ1) is 15.3. The van der Waals surface area contributed by atoms with Gasteiger partial charge in [-0.3, -0.25) is 0 Å². The van der Waals surface area contributed by atoms with Crippen molar-refractivity contribution < 1.29 is 5.11 Å². The van der Waals surface area contributed by atoms with Gasteiger partial charge in [-0.2, -0.15) is 0 Å². The molecule has 0 bridgehead atoms. The van der Waals surface area contributed by atoms with E-state index in [2.05, 4.69) is 18.7 Å². The predicted molar refractivity (Wildman–Crippen MR) is 79.9 cm³/mol. The van der Waals surface area contributed by atoms with Gasteiger partial charge in [-0.1, -0.05) is 13.8 Å². The van der Waals surface area contributed by atoms with Gasteiger partial charge in [0.25, 0.3) is 0 Å². The van der Waals surface area contributed by atoms with Gasteiger partial charge in [-0.25, -0.2) is 0 Å². The second-order valence-corrected chi connectivity index (χ2v) is 7.04. The number of nitrogens with zero attached hydrogens (tertiary/aromatic N) is 1. The Morgan fingerprint density at radius 1 is 1.26 bits per heavy atom. The Bertz CT molecular complexity index is 259. The minimum atomic E-state index is 0.335. The van der Waals surface area contributed by atoms with Crippen molar-refractivity contribution in [2.45, 2.75) is 64.5 Å². The van der Waals surface area contributed by atoms with Gasteiger partial charge in [-0.05, 0) is 62.8 Å². The molecule has 1 heterocycles. The Labute approximate surface area is 118 Å². The number of nitrogens with two attached hydrogens (primary N) is 1. The summed E-state index contributed by atoms with van der Waals surface area (Å²) < 4.78 is 0. The van der Waals surface area contributed by atoms with E-state index in [1.165, 1.54) is 38.8 Å². The molecule has 1 aliphatic heterocycles. The molecule has 1 saturated carbocycles. The Morgan fingerprint density at radius 3 is 2.74 bits per heavy atom. The molecule has 5 unspecified atom stereocenters. The normalized spacial score (nSPS) is 40.7. The smallest absolute Gasteiger partial charge is 0.0431 e. The Hall–Kier alpha value is -0.120. The number of likely N-dealkylation sites (tertiary alicyclic amines) is 1. The SMILES string of the molecule is CC1CC(C)C(CN2CCCC2CCCO)C(N)C1. The van der Waals surface area contributed by atoms with Gasteiger partial charge >= 0.3 is 0 Å². The molecule has 5 atom stereocenters. The second-order valence-electron chi connectivity index (χ2n) is 7.04. The minimum absolute atomic E-state index is 0.335. The van der Waals surface area contributed by atoms with Crippen molar-refractivity contribution in [1.82, 2.24) is 4.90 Å². The third kappa shape index (κ3) is 3.93. The molecule has 19 heavy (non-hydrogen) atoms. The molecule has 2 aliphatic rings. The summed E-state index contributed by atoms with van der Waals surface area (Å²) in [6.07, 6.45) is 7.28. The molecule has 2 fully saturated rings. The molecule has 1 saturated heterocycles. The van der Waals surface area contributed by atoms with E-state index in [1.807, 2.05) is 0 Å². The maximum Gasteiger partial charge on any atom is 0.0431 e.